The van der Waals surface area contributed by atoms with Gasteiger partial charge < -0.3 is 19.7 Å². The number of hydrogen-bond donors (Lipinski definition) is 2. The zero-order chi connectivity index (χ0) is 13.4. The van der Waals surface area contributed by atoms with Crippen molar-refractivity contribution in [3.8, 4) is 0 Å². The molecule has 1 aliphatic rings. The van der Waals surface area contributed by atoms with E-state index in [1.807, 2.05) is 29.7 Å². The summed E-state index contributed by atoms with van der Waals surface area (Å²) < 4.78 is 1.85. The normalized spacial score (nSPS) is 15.9. The molecule has 6 nitrogen and oxygen atoms in total. The minimum atomic E-state index is -0.986. The molecule has 2 aromatic rings. The van der Waals surface area contributed by atoms with Crippen molar-refractivity contribution in [3.05, 3.63) is 29.8 Å². The summed E-state index contributed by atoms with van der Waals surface area (Å²) >= 11 is 0. The monoisotopic (exact) mass is 260 g/mol. The Bertz CT molecular complexity index is 629. The number of anilines is 1. The van der Waals surface area contributed by atoms with E-state index in [0.29, 0.717) is 11.3 Å². The molecular weight excluding hydrogens is 244 g/mol. The quantitative estimate of drug-likeness (QED) is 0.834. The van der Waals surface area contributed by atoms with Gasteiger partial charge in [-0.15, -0.1) is 0 Å². The number of imidazole rings is 1. The van der Waals surface area contributed by atoms with Gasteiger partial charge in [0.1, 0.15) is 5.82 Å². The molecule has 19 heavy (non-hydrogen) atoms. The number of carboxylic acid groups (broad SMARTS) is 1. The highest BCUT2D eigenvalue weighted by molar-refractivity contribution is 5.93. The summed E-state index contributed by atoms with van der Waals surface area (Å²) in [5, 5.41) is 12.4. The molecule has 100 valence electrons. The van der Waals surface area contributed by atoms with Crippen molar-refractivity contribution < 1.29 is 9.90 Å². The molecule has 0 bridgehead atoms. The maximum Gasteiger partial charge on any atom is 0.356 e. The zero-order valence-electron chi connectivity index (χ0n) is 10.8. The lowest BCUT2D eigenvalue weighted by atomic mass is 10.2. The van der Waals surface area contributed by atoms with Crippen molar-refractivity contribution in [2.24, 2.45) is 0 Å². The number of aryl methyl sites for hydroxylation is 1. The Morgan fingerprint density at radius 3 is 2.79 bits per heavy atom. The van der Waals surface area contributed by atoms with Crippen LogP contribution in [0.3, 0.4) is 0 Å². The van der Waals surface area contributed by atoms with E-state index in [1.54, 1.807) is 0 Å². The molecule has 0 atom stereocenters. The summed E-state index contributed by atoms with van der Waals surface area (Å²) in [5.74, 6) is -0.287. The van der Waals surface area contributed by atoms with Crippen molar-refractivity contribution in [1.29, 1.82) is 0 Å². The maximum atomic E-state index is 11.1. The van der Waals surface area contributed by atoms with E-state index in [9.17, 15) is 4.79 Å². The highest BCUT2D eigenvalue weighted by Crippen LogP contribution is 2.20. The number of carbonyl (C=O) groups is 1. The van der Waals surface area contributed by atoms with Gasteiger partial charge in [0.25, 0.3) is 0 Å². The number of aromatic nitrogens is 2. The van der Waals surface area contributed by atoms with Crippen LogP contribution < -0.4 is 10.2 Å². The molecule has 2 aromatic heterocycles. The zero-order valence-corrected chi connectivity index (χ0v) is 10.8. The van der Waals surface area contributed by atoms with Gasteiger partial charge in [0.05, 0.1) is 11.2 Å². The minimum Gasteiger partial charge on any atom is -0.476 e. The largest absolute Gasteiger partial charge is 0.476 e. The van der Waals surface area contributed by atoms with Gasteiger partial charge in [0.2, 0.25) is 0 Å². The van der Waals surface area contributed by atoms with Gasteiger partial charge in [-0.25, -0.2) is 9.78 Å². The van der Waals surface area contributed by atoms with Gasteiger partial charge in [-0.2, -0.15) is 0 Å². The van der Waals surface area contributed by atoms with Crippen LogP contribution in [-0.2, 0) is 0 Å². The van der Waals surface area contributed by atoms with Crippen LogP contribution >= 0.6 is 0 Å². The third-order valence-electron chi connectivity index (χ3n) is 3.48. The first kappa shape index (κ1) is 12.0. The molecule has 0 saturated carbocycles. The number of aromatic carboxylic acids is 1. The molecule has 6 heteroatoms. The molecule has 2 N–H and O–H groups in total. The first-order valence-corrected chi connectivity index (χ1v) is 6.34. The minimum absolute atomic E-state index is 0.115. The van der Waals surface area contributed by atoms with Gasteiger partial charge in [0, 0.05) is 32.4 Å². The molecule has 3 heterocycles. The standard InChI is InChI=1S/C13H16N4O2/c1-9-15-12(13(18)19)11-3-2-10(8-17(9)11)16-6-4-14-5-7-16/h2-3,8,14H,4-7H2,1H3,(H,18,19). The fourth-order valence-electron chi connectivity index (χ4n) is 2.49. The number of rotatable bonds is 2. The summed E-state index contributed by atoms with van der Waals surface area (Å²) in [7, 11) is 0. The highest BCUT2D eigenvalue weighted by atomic mass is 16.4. The SMILES string of the molecule is Cc1nc(C(=O)O)c2ccc(N3CCNCC3)cn12. The number of piperazine rings is 1. The maximum absolute atomic E-state index is 11.1. The van der Waals surface area contributed by atoms with Crippen LogP contribution in [0.25, 0.3) is 5.52 Å². The second-order valence-corrected chi connectivity index (χ2v) is 4.69. The van der Waals surface area contributed by atoms with Gasteiger partial charge in [0.15, 0.2) is 5.69 Å². The van der Waals surface area contributed by atoms with E-state index in [1.165, 1.54) is 0 Å². The van der Waals surface area contributed by atoms with E-state index in [-0.39, 0.29) is 5.69 Å². The summed E-state index contributed by atoms with van der Waals surface area (Å²) in [5.41, 5.74) is 1.86. The molecule has 0 radical (unpaired) electrons. The molecule has 3 rings (SSSR count). The molecule has 0 amide bonds. The van der Waals surface area contributed by atoms with E-state index in [0.717, 1.165) is 31.9 Å². The van der Waals surface area contributed by atoms with Crippen molar-refractivity contribution in [1.82, 2.24) is 14.7 Å². The predicted molar refractivity (Wildman–Crippen MR) is 72.0 cm³/mol. The smallest absolute Gasteiger partial charge is 0.356 e. The number of nitrogens with zero attached hydrogens (tertiary/aromatic N) is 3. The van der Waals surface area contributed by atoms with Crippen LogP contribution in [0.2, 0.25) is 0 Å². The third kappa shape index (κ3) is 2.04. The van der Waals surface area contributed by atoms with Crippen molar-refractivity contribution in [2.75, 3.05) is 31.1 Å². The fourth-order valence-corrected chi connectivity index (χ4v) is 2.49. The van der Waals surface area contributed by atoms with E-state index in [4.69, 9.17) is 5.11 Å². The van der Waals surface area contributed by atoms with Crippen molar-refractivity contribution >= 4 is 17.2 Å². The summed E-state index contributed by atoms with van der Waals surface area (Å²) in [6.07, 6.45) is 1.97. The predicted octanol–water partition coefficient (Wildman–Crippen LogP) is 0.751. The fraction of sp³-hybridized carbons (Fsp3) is 0.385. The Morgan fingerprint density at radius 2 is 2.11 bits per heavy atom. The lowest BCUT2D eigenvalue weighted by molar-refractivity contribution is 0.0693. The van der Waals surface area contributed by atoms with Crippen LogP contribution in [0.4, 0.5) is 5.69 Å². The number of pyridine rings is 1. The molecule has 1 saturated heterocycles. The summed E-state index contributed by atoms with van der Waals surface area (Å²) in [6.45, 7) is 5.69. The van der Waals surface area contributed by atoms with E-state index >= 15 is 0 Å². The number of nitrogens with one attached hydrogen (secondary N) is 1. The second kappa shape index (κ2) is 4.55. The van der Waals surface area contributed by atoms with Crippen LogP contribution in [0, 0.1) is 6.92 Å². The van der Waals surface area contributed by atoms with Crippen LogP contribution in [-0.4, -0.2) is 46.6 Å². The lowest BCUT2D eigenvalue weighted by Gasteiger charge is -2.29. The first-order valence-electron chi connectivity index (χ1n) is 6.34. The van der Waals surface area contributed by atoms with Gasteiger partial charge in [-0.3, -0.25) is 0 Å². The Labute approximate surface area is 110 Å². The molecule has 0 unspecified atom stereocenters. The summed E-state index contributed by atoms with van der Waals surface area (Å²) in [6, 6.07) is 3.80. The van der Waals surface area contributed by atoms with Crippen molar-refractivity contribution in [2.45, 2.75) is 6.92 Å². The number of fused-ring (bicyclic) bond motifs is 1. The molecule has 1 fully saturated rings. The lowest BCUT2D eigenvalue weighted by Crippen LogP contribution is -2.43. The average molecular weight is 260 g/mol. The first-order chi connectivity index (χ1) is 9.16. The van der Waals surface area contributed by atoms with Crippen LogP contribution in [0.15, 0.2) is 18.3 Å². The Kier molecular flexibility index (Phi) is 2.87. The molecule has 0 aliphatic carbocycles. The Morgan fingerprint density at radius 1 is 1.37 bits per heavy atom. The number of carboxylic acids is 1. The van der Waals surface area contributed by atoms with E-state index in [2.05, 4.69) is 15.2 Å². The van der Waals surface area contributed by atoms with Crippen LogP contribution in [0.1, 0.15) is 16.3 Å². The molecule has 0 spiro atoms. The van der Waals surface area contributed by atoms with Gasteiger partial charge in [-0.1, -0.05) is 0 Å². The highest BCUT2D eigenvalue weighted by Gasteiger charge is 2.16. The van der Waals surface area contributed by atoms with Crippen LogP contribution in [0.5, 0.6) is 0 Å². The third-order valence-corrected chi connectivity index (χ3v) is 3.48. The molecule has 1 aliphatic heterocycles. The van der Waals surface area contributed by atoms with Gasteiger partial charge >= 0.3 is 5.97 Å². The van der Waals surface area contributed by atoms with Crippen molar-refractivity contribution in [3.63, 3.8) is 0 Å². The molecular formula is C13H16N4O2. The Balaban J connectivity index is 2.05. The number of hydrogen-bond acceptors (Lipinski definition) is 4. The molecule has 0 aromatic carbocycles. The Hall–Kier alpha value is -2.08. The van der Waals surface area contributed by atoms with Gasteiger partial charge in [-0.05, 0) is 19.1 Å². The van der Waals surface area contributed by atoms with E-state index < -0.39 is 5.97 Å². The summed E-state index contributed by atoms with van der Waals surface area (Å²) in [4.78, 5) is 17.5. The second-order valence-electron chi connectivity index (χ2n) is 4.69. The average Bonchev–Trinajstić information content (AvgIpc) is 2.77. The topological polar surface area (TPSA) is 69.9 Å².